The van der Waals surface area contributed by atoms with E-state index in [0.29, 0.717) is 17.2 Å². The zero-order valence-electron chi connectivity index (χ0n) is 13.1. The number of nitrogens with zero attached hydrogens (tertiary/aromatic N) is 1. The van der Waals surface area contributed by atoms with Gasteiger partial charge in [-0.15, -0.1) is 0 Å². The number of furan rings is 1. The fourth-order valence-electron chi connectivity index (χ4n) is 2.07. The minimum atomic E-state index is -3.59. The van der Waals surface area contributed by atoms with Gasteiger partial charge in [0.15, 0.2) is 0 Å². The maximum Gasteiger partial charge on any atom is 0.240 e. The third kappa shape index (κ3) is 4.62. The molecule has 0 spiro atoms. The Balaban J connectivity index is 1.63. The first-order valence-electron chi connectivity index (χ1n) is 7.46. The number of halogens is 1. The number of hydrogen-bond acceptors (Lipinski definition) is 4. The molecule has 1 heterocycles. The molecule has 0 radical (unpaired) electrons. The highest BCUT2D eigenvalue weighted by Crippen LogP contribution is 2.14. The summed E-state index contributed by atoms with van der Waals surface area (Å²) >= 11 is 0. The molecule has 0 fully saturated rings. The molecule has 7 heteroatoms. The first kappa shape index (κ1) is 17.1. The van der Waals surface area contributed by atoms with Gasteiger partial charge in [-0.05, 0) is 48.5 Å². The van der Waals surface area contributed by atoms with E-state index in [9.17, 15) is 12.8 Å². The Labute approximate surface area is 144 Å². The van der Waals surface area contributed by atoms with Crippen molar-refractivity contribution in [2.75, 3.05) is 0 Å². The number of nitrogens with one attached hydrogen (secondary N) is 1. The van der Waals surface area contributed by atoms with Crippen LogP contribution in [0.5, 0.6) is 0 Å². The molecule has 3 aromatic rings. The maximum absolute atomic E-state index is 12.8. The average Bonchev–Trinajstić information content (AvgIpc) is 3.08. The molecule has 2 aromatic carbocycles. The van der Waals surface area contributed by atoms with Crippen LogP contribution in [-0.4, -0.2) is 14.6 Å². The summed E-state index contributed by atoms with van der Waals surface area (Å²) in [6.45, 7) is 0.0294. The third-order valence-corrected chi connectivity index (χ3v) is 4.76. The predicted octanol–water partition coefficient (Wildman–Crippen LogP) is 3.65. The minimum absolute atomic E-state index is 0.0294. The van der Waals surface area contributed by atoms with Gasteiger partial charge in [0.25, 0.3) is 0 Å². The van der Waals surface area contributed by atoms with Gasteiger partial charge >= 0.3 is 0 Å². The second-order valence-corrected chi connectivity index (χ2v) is 6.94. The minimum Gasteiger partial charge on any atom is -0.459 e. The average molecular weight is 358 g/mol. The van der Waals surface area contributed by atoms with Gasteiger partial charge in [0.2, 0.25) is 10.0 Å². The van der Waals surface area contributed by atoms with Gasteiger partial charge in [-0.2, -0.15) is 0 Å². The van der Waals surface area contributed by atoms with Gasteiger partial charge in [0.1, 0.15) is 17.3 Å². The van der Waals surface area contributed by atoms with Crippen molar-refractivity contribution in [1.82, 2.24) is 4.72 Å². The molecular weight excluding hydrogens is 343 g/mol. The lowest BCUT2D eigenvalue weighted by Gasteiger charge is -2.04. The molecule has 0 aliphatic heterocycles. The first-order chi connectivity index (χ1) is 12.0. The Bertz CT molecular complexity index is 965. The Morgan fingerprint density at radius 2 is 1.72 bits per heavy atom. The molecule has 1 N–H and O–H groups in total. The summed E-state index contributed by atoms with van der Waals surface area (Å²) in [5, 5.41) is 0. The summed E-state index contributed by atoms with van der Waals surface area (Å²) in [4.78, 5) is 4.36. The van der Waals surface area contributed by atoms with E-state index in [1.54, 1.807) is 42.5 Å². The van der Waals surface area contributed by atoms with Crippen LogP contribution in [0.2, 0.25) is 0 Å². The van der Waals surface area contributed by atoms with E-state index in [-0.39, 0.29) is 17.3 Å². The molecule has 128 valence electrons. The first-order valence-corrected chi connectivity index (χ1v) is 8.94. The van der Waals surface area contributed by atoms with Crippen LogP contribution in [0.15, 0.2) is 81.0 Å². The molecule has 0 aliphatic carbocycles. The van der Waals surface area contributed by atoms with Crippen LogP contribution >= 0.6 is 0 Å². The number of hydrogen-bond donors (Lipinski definition) is 1. The fraction of sp³-hybridized carbons (Fsp3) is 0.0556. The van der Waals surface area contributed by atoms with Crippen LogP contribution in [0.1, 0.15) is 11.5 Å². The topological polar surface area (TPSA) is 71.7 Å². The summed E-state index contributed by atoms with van der Waals surface area (Å²) < 4.78 is 45.1. The predicted molar refractivity (Wildman–Crippen MR) is 92.8 cm³/mol. The monoisotopic (exact) mass is 358 g/mol. The van der Waals surface area contributed by atoms with Gasteiger partial charge < -0.3 is 4.42 Å². The Morgan fingerprint density at radius 3 is 2.44 bits per heavy atom. The molecule has 0 amide bonds. The van der Waals surface area contributed by atoms with Gasteiger partial charge in [-0.25, -0.2) is 17.5 Å². The molecule has 0 bridgehead atoms. The SMILES string of the molecule is O=S(=O)(NCc1ccc(C=Nc2ccc(F)cc2)o1)c1ccccc1. The van der Waals surface area contributed by atoms with Crippen molar-refractivity contribution >= 4 is 21.9 Å². The molecule has 1 aromatic heterocycles. The van der Waals surface area contributed by atoms with Crippen molar-refractivity contribution < 1.29 is 17.2 Å². The highest BCUT2D eigenvalue weighted by molar-refractivity contribution is 7.89. The van der Waals surface area contributed by atoms with Crippen LogP contribution in [0.4, 0.5) is 10.1 Å². The second kappa shape index (κ2) is 7.42. The number of rotatable bonds is 6. The third-order valence-electron chi connectivity index (χ3n) is 3.34. The Morgan fingerprint density at radius 1 is 1.00 bits per heavy atom. The molecule has 0 saturated heterocycles. The van der Waals surface area contributed by atoms with Crippen molar-refractivity contribution in [3.05, 3.63) is 84.1 Å². The molecule has 3 rings (SSSR count). The van der Waals surface area contributed by atoms with Crippen LogP contribution in [0, 0.1) is 5.82 Å². The molecule has 0 aliphatic rings. The number of sulfonamides is 1. The smallest absolute Gasteiger partial charge is 0.240 e. The quantitative estimate of drug-likeness (QED) is 0.684. The summed E-state index contributed by atoms with van der Waals surface area (Å²) in [6, 6.07) is 17.2. The van der Waals surface area contributed by atoms with E-state index >= 15 is 0 Å². The highest BCUT2D eigenvalue weighted by Gasteiger charge is 2.13. The van der Waals surface area contributed by atoms with E-state index in [2.05, 4.69) is 9.71 Å². The van der Waals surface area contributed by atoms with Crippen LogP contribution in [-0.2, 0) is 16.6 Å². The fourth-order valence-corrected chi connectivity index (χ4v) is 3.09. The van der Waals surface area contributed by atoms with Gasteiger partial charge in [-0.1, -0.05) is 18.2 Å². The summed E-state index contributed by atoms with van der Waals surface area (Å²) in [6.07, 6.45) is 1.49. The summed E-state index contributed by atoms with van der Waals surface area (Å²) in [5.74, 6) is 0.600. The molecule has 0 atom stereocenters. The van der Waals surface area contributed by atoms with E-state index in [1.165, 1.54) is 30.5 Å². The van der Waals surface area contributed by atoms with Crippen molar-refractivity contribution in [1.29, 1.82) is 0 Å². The van der Waals surface area contributed by atoms with Crippen LogP contribution in [0.25, 0.3) is 0 Å². The standard InChI is InChI=1S/C18H15FN2O3S/c19-14-6-8-15(9-7-14)20-12-16-10-11-17(24-16)13-21-25(22,23)18-4-2-1-3-5-18/h1-12,21H,13H2. The lowest BCUT2D eigenvalue weighted by Crippen LogP contribution is -2.22. The van der Waals surface area contributed by atoms with Crippen molar-refractivity contribution in [3.8, 4) is 0 Å². The van der Waals surface area contributed by atoms with Crippen molar-refractivity contribution in [3.63, 3.8) is 0 Å². The Hall–Kier alpha value is -2.77. The van der Waals surface area contributed by atoms with Crippen molar-refractivity contribution in [2.45, 2.75) is 11.4 Å². The maximum atomic E-state index is 12.8. The van der Waals surface area contributed by atoms with E-state index in [4.69, 9.17) is 4.42 Å². The Kier molecular flexibility index (Phi) is 5.06. The molecule has 0 saturated carbocycles. The second-order valence-electron chi connectivity index (χ2n) is 5.18. The van der Waals surface area contributed by atoms with Crippen LogP contribution in [0.3, 0.4) is 0 Å². The van der Waals surface area contributed by atoms with Crippen molar-refractivity contribution in [2.24, 2.45) is 4.99 Å². The lowest BCUT2D eigenvalue weighted by molar-refractivity contribution is 0.494. The number of benzene rings is 2. The molecule has 0 unspecified atom stereocenters. The van der Waals surface area contributed by atoms with Gasteiger partial charge in [-0.3, -0.25) is 4.99 Å². The molecular formula is C18H15FN2O3S. The summed E-state index contributed by atoms with van der Waals surface area (Å²) in [5.41, 5.74) is 0.587. The molecule has 5 nitrogen and oxygen atoms in total. The number of aliphatic imine (C=N–C) groups is 1. The van der Waals surface area contributed by atoms with Crippen LogP contribution < -0.4 is 4.72 Å². The largest absolute Gasteiger partial charge is 0.459 e. The lowest BCUT2D eigenvalue weighted by atomic mass is 10.3. The summed E-state index contributed by atoms with van der Waals surface area (Å²) in [7, 11) is -3.59. The van der Waals surface area contributed by atoms with E-state index in [1.807, 2.05) is 0 Å². The van der Waals surface area contributed by atoms with Gasteiger partial charge in [0, 0.05) is 0 Å². The zero-order valence-corrected chi connectivity index (χ0v) is 13.9. The zero-order chi connectivity index (χ0) is 17.7. The van der Waals surface area contributed by atoms with E-state index in [0.717, 1.165) is 0 Å². The van der Waals surface area contributed by atoms with E-state index < -0.39 is 10.0 Å². The van der Waals surface area contributed by atoms with Gasteiger partial charge in [0.05, 0.1) is 23.3 Å². The molecule has 25 heavy (non-hydrogen) atoms. The normalized spacial score (nSPS) is 11.9. The highest BCUT2D eigenvalue weighted by atomic mass is 32.2.